The molecule has 3 heteroatoms. The van der Waals surface area contributed by atoms with Crippen LogP contribution in [0.3, 0.4) is 0 Å². The molecule has 0 saturated heterocycles. The first-order valence-electron chi connectivity index (χ1n) is 16.1. The number of hydrogen-bond donors (Lipinski definition) is 0. The fraction of sp³-hybridized carbons (Fsp3) is 0. The van der Waals surface area contributed by atoms with Crippen LogP contribution in [0, 0.1) is 0 Å². The predicted molar refractivity (Wildman–Crippen MR) is 198 cm³/mol. The maximum atomic E-state index is 5.20. The SMILES string of the molecule is c1ccc(-c2ccc(-c3ccccc3-c3nc(-c4cccc(-c5ccccc5)c4)nc(-c4ccccc4-c4ccccc4)n3)cc2)cc1. The van der Waals surface area contributed by atoms with Crippen LogP contribution in [0.4, 0.5) is 0 Å². The average molecular weight is 614 g/mol. The maximum Gasteiger partial charge on any atom is 0.164 e. The summed E-state index contributed by atoms with van der Waals surface area (Å²) < 4.78 is 0. The van der Waals surface area contributed by atoms with Crippen LogP contribution in [0.25, 0.3) is 78.7 Å². The normalized spacial score (nSPS) is 10.9. The van der Waals surface area contributed by atoms with Crippen LogP contribution >= 0.6 is 0 Å². The highest BCUT2D eigenvalue weighted by Crippen LogP contribution is 2.36. The number of nitrogens with zero attached hydrogens (tertiary/aromatic N) is 3. The molecule has 0 spiro atoms. The van der Waals surface area contributed by atoms with Crippen LogP contribution in [-0.4, -0.2) is 15.0 Å². The van der Waals surface area contributed by atoms with Crippen molar-refractivity contribution >= 4 is 0 Å². The number of rotatable bonds is 7. The second-order valence-electron chi connectivity index (χ2n) is 11.7. The lowest BCUT2D eigenvalue weighted by atomic mass is 9.96. The van der Waals surface area contributed by atoms with Gasteiger partial charge in [0.25, 0.3) is 0 Å². The molecule has 0 N–H and O–H groups in total. The lowest BCUT2D eigenvalue weighted by molar-refractivity contribution is 1.07. The van der Waals surface area contributed by atoms with E-state index in [9.17, 15) is 0 Å². The molecule has 0 amide bonds. The van der Waals surface area contributed by atoms with Crippen LogP contribution in [0.1, 0.15) is 0 Å². The molecule has 0 aliphatic rings. The first-order chi connectivity index (χ1) is 23.8. The zero-order valence-electron chi connectivity index (χ0n) is 26.2. The highest BCUT2D eigenvalue weighted by Gasteiger charge is 2.18. The summed E-state index contributed by atoms with van der Waals surface area (Å²) in [5, 5.41) is 0. The number of aromatic nitrogens is 3. The molecule has 0 radical (unpaired) electrons. The van der Waals surface area contributed by atoms with E-state index in [1.807, 2.05) is 30.3 Å². The van der Waals surface area contributed by atoms with Gasteiger partial charge >= 0.3 is 0 Å². The van der Waals surface area contributed by atoms with Crippen molar-refractivity contribution in [2.75, 3.05) is 0 Å². The summed E-state index contributed by atoms with van der Waals surface area (Å²) in [6, 6.07) is 65.1. The van der Waals surface area contributed by atoms with Crippen molar-refractivity contribution in [3.05, 3.63) is 188 Å². The van der Waals surface area contributed by atoms with E-state index in [1.165, 1.54) is 11.1 Å². The fourth-order valence-corrected chi connectivity index (χ4v) is 6.16. The third-order valence-corrected chi connectivity index (χ3v) is 8.59. The van der Waals surface area contributed by atoms with Crippen LogP contribution in [-0.2, 0) is 0 Å². The Hall–Kier alpha value is -6.45. The highest BCUT2D eigenvalue weighted by molar-refractivity contribution is 5.85. The Balaban J connectivity index is 1.30. The van der Waals surface area contributed by atoms with Crippen molar-refractivity contribution in [2.24, 2.45) is 0 Å². The van der Waals surface area contributed by atoms with Crippen molar-refractivity contribution in [3.8, 4) is 78.7 Å². The zero-order valence-corrected chi connectivity index (χ0v) is 26.2. The molecule has 0 bridgehead atoms. The Bertz CT molecular complexity index is 2310. The molecule has 48 heavy (non-hydrogen) atoms. The monoisotopic (exact) mass is 613 g/mol. The second-order valence-corrected chi connectivity index (χ2v) is 11.7. The molecule has 1 heterocycles. The van der Waals surface area contributed by atoms with Gasteiger partial charge in [0.2, 0.25) is 0 Å². The molecule has 0 fully saturated rings. The Labute approximate surface area is 280 Å². The van der Waals surface area contributed by atoms with Crippen molar-refractivity contribution in [1.29, 1.82) is 0 Å². The average Bonchev–Trinajstić information content (AvgIpc) is 3.19. The summed E-state index contributed by atoms with van der Waals surface area (Å²) in [6.45, 7) is 0. The zero-order chi connectivity index (χ0) is 32.1. The Morgan fingerprint density at radius 2 is 0.542 bits per heavy atom. The standard InChI is InChI=1S/C45H31N3/c1-4-15-32(16-5-1)34-27-29-36(30-28-34)40-24-11-13-26-42(40)45-47-43(38-22-14-21-37(31-38)33-17-6-2-7-18-33)46-44(48-45)41-25-12-10-23-39(41)35-19-8-3-9-20-35/h1-31H. The van der Waals surface area contributed by atoms with E-state index in [-0.39, 0.29) is 0 Å². The lowest BCUT2D eigenvalue weighted by Crippen LogP contribution is -2.02. The summed E-state index contributed by atoms with van der Waals surface area (Å²) in [7, 11) is 0. The van der Waals surface area contributed by atoms with Gasteiger partial charge in [-0.15, -0.1) is 0 Å². The van der Waals surface area contributed by atoms with Gasteiger partial charge in [0, 0.05) is 16.7 Å². The molecule has 8 aromatic rings. The molecule has 1 aromatic heterocycles. The quantitative estimate of drug-likeness (QED) is 0.179. The summed E-state index contributed by atoms with van der Waals surface area (Å²) in [6.07, 6.45) is 0. The van der Waals surface area contributed by atoms with Gasteiger partial charge in [0.1, 0.15) is 0 Å². The molecular weight excluding hydrogens is 583 g/mol. The molecular formula is C45H31N3. The van der Waals surface area contributed by atoms with Crippen LogP contribution in [0.2, 0.25) is 0 Å². The van der Waals surface area contributed by atoms with E-state index in [0.717, 1.165) is 50.1 Å². The fourth-order valence-electron chi connectivity index (χ4n) is 6.16. The second kappa shape index (κ2) is 13.1. The molecule has 0 aliphatic heterocycles. The molecule has 3 nitrogen and oxygen atoms in total. The van der Waals surface area contributed by atoms with Gasteiger partial charge in [-0.3, -0.25) is 0 Å². The first kappa shape index (κ1) is 29.0. The number of benzene rings is 7. The topological polar surface area (TPSA) is 38.7 Å². The van der Waals surface area contributed by atoms with E-state index >= 15 is 0 Å². The van der Waals surface area contributed by atoms with Gasteiger partial charge in [0.05, 0.1) is 0 Å². The van der Waals surface area contributed by atoms with E-state index in [0.29, 0.717) is 17.5 Å². The van der Waals surface area contributed by atoms with Crippen LogP contribution in [0.15, 0.2) is 188 Å². The molecule has 0 aliphatic carbocycles. The maximum absolute atomic E-state index is 5.20. The van der Waals surface area contributed by atoms with Crippen molar-refractivity contribution in [1.82, 2.24) is 15.0 Å². The van der Waals surface area contributed by atoms with Crippen molar-refractivity contribution in [2.45, 2.75) is 0 Å². The minimum absolute atomic E-state index is 0.630. The highest BCUT2D eigenvalue weighted by atomic mass is 15.0. The molecule has 0 unspecified atom stereocenters. The molecule has 226 valence electrons. The minimum atomic E-state index is 0.630. The summed E-state index contributed by atoms with van der Waals surface area (Å²) in [5.74, 6) is 1.89. The third-order valence-electron chi connectivity index (χ3n) is 8.59. The Morgan fingerprint density at radius 3 is 1.08 bits per heavy atom. The summed E-state index contributed by atoms with van der Waals surface area (Å²) in [5.41, 5.74) is 11.8. The summed E-state index contributed by atoms with van der Waals surface area (Å²) in [4.78, 5) is 15.5. The van der Waals surface area contributed by atoms with Crippen molar-refractivity contribution < 1.29 is 0 Å². The molecule has 0 saturated carbocycles. The van der Waals surface area contributed by atoms with Crippen LogP contribution < -0.4 is 0 Å². The van der Waals surface area contributed by atoms with Crippen LogP contribution in [0.5, 0.6) is 0 Å². The van der Waals surface area contributed by atoms with Gasteiger partial charge in [-0.1, -0.05) is 182 Å². The lowest BCUT2D eigenvalue weighted by Gasteiger charge is -2.14. The molecule has 8 rings (SSSR count). The Kier molecular flexibility index (Phi) is 7.92. The predicted octanol–water partition coefficient (Wildman–Crippen LogP) is 11.5. The van der Waals surface area contributed by atoms with E-state index in [2.05, 4.69) is 158 Å². The van der Waals surface area contributed by atoms with E-state index in [4.69, 9.17) is 15.0 Å². The van der Waals surface area contributed by atoms with E-state index in [1.54, 1.807) is 0 Å². The molecule has 7 aromatic carbocycles. The van der Waals surface area contributed by atoms with Gasteiger partial charge in [0.15, 0.2) is 17.5 Å². The number of hydrogen-bond acceptors (Lipinski definition) is 3. The Morgan fingerprint density at radius 1 is 0.208 bits per heavy atom. The third kappa shape index (κ3) is 5.93. The minimum Gasteiger partial charge on any atom is -0.208 e. The first-order valence-corrected chi connectivity index (χ1v) is 16.1. The van der Waals surface area contributed by atoms with Gasteiger partial charge in [-0.25, -0.2) is 15.0 Å². The largest absolute Gasteiger partial charge is 0.208 e. The van der Waals surface area contributed by atoms with Crippen molar-refractivity contribution in [3.63, 3.8) is 0 Å². The summed E-state index contributed by atoms with van der Waals surface area (Å²) >= 11 is 0. The molecule has 0 atom stereocenters. The van der Waals surface area contributed by atoms with Gasteiger partial charge in [-0.2, -0.15) is 0 Å². The van der Waals surface area contributed by atoms with E-state index < -0.39 is 0 Å². The van der Waals surface area contributed by atoms with Gasteiger partial charge in [-0.05, 0) is 50.6 Å². The smallest absolute Gasteiger partial charge is 0.164 e. The van der Waals surface area contributed by atoms with Gasteiger partial charge < -0.3 is 0 Å².